The average Bonchev–Trinajstić information content (AvgIpc) is 3.23. The largest absolute Gasteiger partial charge is 0.345 e. The quantitative estimate of drug-likeness (QED) is 0.343. The van der Waals surface area contributed by atoms with Crippen LogP contribution in [0.4, 0.5) is 5.69 Å². The first-order chi connectivity index (χ1) is 16.5. The van der Waals surface area contributed by atoms with Gasteiger partial charge in [0.2, 0.25) is 5.91 Å². The second-order valence-electron chi connectivity index (χ2n) is 10.2. The zero-order valence-electron chi connectivity index (χ0n) is 21.5. The van der Waals surface area contributed by atoms with E-state index in [1.54, 1.807) is 4.90 Å². The van der Waals surface area contributed by atoms with Crippen molar-refractivity contribution < 1.29 is 4.79 Å². The molecule has 1 saturated heterocycles. The molecule has 0 saturated carbocycles. The maximum absolute atomic E-state index is 12.4. The lowest BCUT2D eigenvalue weighted by molar-refractivity contribution is -0.121. The number of rotatable bonds is 9. The fraction of sp³-hybridized carbons (Fsp3) is 0.500. The number of hydrogen-bond acceptors (Lipinski definition) is 2. The van der Waals surface area contributed by atoms with Crippen LogP contribution in [0.25, 0.3) is 10.9 Å². The van der Waals surface area contributed by atoms with E-state index in [1.807, 2.05) is 20.9 Å². The number of likely N-dealkylation sites (tertiary alicyclic amines) is 1. The van der Waals surface area contributed by atoms with Gasteiger partial charge in [-0.2, -0.15) is 0 Å². The van der Waals surface area contributed by atoms with Gasteiger partial charge in [-0.05, 0) is 99.8 Å². The molecule has 0 spiro atoms. The Labute approximate surface area is 205 Å². The van der Waals surface area contributed by atoms with Crippen molar-refractivity contribution in [1.29, 1.82) is 0 Å². The highest BCUT2D eigenvalue weighted by atomic mass is 16.2. The third kappa shape index (κ3) is 5.55. The minimum atomic E-state index is 0.0159. The predicted octanol–water partition coefficient (Wildman–Crippen LogP) is 6.48. The number of amides is 1. The first-order valence-electron chi connectivity index (χ1n) is 13.1. The molecule has 4 rings (SSSR count). The highest BCUT2D eigenvalue weighted by Gasteiger charge is 2.22. The van der Waals surface area contributed by atoms with Crippen LogP contribution in [0.5, 0.6) is 0 Å². The van der Waals surface area contributed by atoms with Gasteiger partial charge in [0.05, 0.1) is 0 Å². The van der Waals surface area contributed by atoms with E-state index < -0.39 is 0 Å². The molecule has 4 heteroatoms. The summed E-state index contributed by atoms with van der Waals surface area (Å²) in [5.41, 5.74) is 5.24. The molecule has 0 unspecified atom stereocenters. The fourth-order valence-corrected chi connectivity index (χ4v) is 5.48. The fourth-order valence-electron chi connectivity index (χ4n) is 5.48. The van der Waals surface area contributed by atoms with E-state index in [2.05, 4.69) is 71.0 Å². The predicted molar refractivity (Wildman–Crippen MR) is 144 cm³/mol. The minimum Gasteiger partial charge on any atom is -0.345 e. The number of aryl methyl sites for hydroxylation is 2. The van der Waals surface area contributed by atoms with Crippen LogP contribution in [-0.4, -0.2) is 42.1 Å². The van der Waals surface area contributed by atoms with Gasteiger partial charge >= 0.3 is 0 Å². The Morgan fingerprint density at radius 2 is 1.79 bits per heavy atom. The summed E-state index contributed by atoms with van der Waals surface area (Å²) >= 11 is 0. The Kier molecular flexibility index (Phi) is 8.10. The van der Waals surface area contributed by atoms with E-state index in [4.69, 9.17) is 0 Å². The number of carbonyl (C=O) groups is 1. The lowest BCUT2D eigenvalue weighted by atomic mass is 9.89. The second kappa shape index (κ2) is 11.2. The Morgan fingerprint density at radius 1 is 1.03 bits per heavy atom. The molecule has 1 aromatic heterocycles. The zero-order chi connectivity index (χ0) is 24.1. The normalized spacial score (nSPS) is 15.3. The van der Waals surface area contributed by atoms with Crippen molar-refractivity contribution in [3.05, 3.63) is 65.9 Å². The van der Waals surface area contributed by atoms with Gasteiger partial charge in [-0.25, -0.2) is 0 Å². The molecule has 182 valence electrons. The Balaban J connectivity index is 1.24. The molecular formula is C30H41N3O. The summed E-state index contributed by atoms with van der Waals surface area (Å²) in [7, 11) is 1.89. The first-order valence-corrected chi connectivity index (χ1v) is 13.1. The maximum atomic E-state index is 12.4. The summed E-state index contributed by atoms with van der Waals surface area (Å²) in [4.78, 5) is 16.8. The Morgan fingerprint density at radius 3 is 2.53 bits per heavy atom. The van der Waals surface area contributed by atoms with Gasteiger partial charge < -0.3 is 14.4 Å². The molecule has 1 fully saturated rings. The van der Waals surface area contributed by atoms with Gasteiger partial charge in [0.1, 0.15) is 0 Å². The van der Waals surface area contributed by atoms with Gasteiger partial charge in [0.15, 0.2) is 0 Å². The molecular weight excluding hydrogens is 418 g/mol. The number of piperidine rings is 1. The number of hydrogen-bond donors (Lipinski definition) is 0. The van der Waals surface area contributed by atoms with Crippen molar-refractivity contribution in [2.45, 2.75) is 65.3 Å². The number of benzene rings is 2. The monoisotopic (exact) mass is 459 g/mol. The molecule has 4 nitrogen and oxygen atoms in total. The van der Waals surface area contributed by atoms with Crippen LogP contribution in [0.1, 0.15) is 63.6 Å². The lowest BCUT2D eigenvalue weighted by Gasteiger charge is -2.32. The molecule has 0 atom stereocenters. The van der Waals surface area contributed by atoms with E-state index in [1.165, 1.54) is 67.5 Å². The molecule has 2 aromatic carbocycles. The number of nitrogens with zero attached hydrogens (tertiary/aromatic N) is 3. The van der Waals surface area contributed by atoms with Gasteiger partial charge in [0.25, 0.3) is 0 Å². The number of carbonyl (C=O) groups excluding carboxylic acids is 1. The molecule has 1 amide bonds. The third-order valence-corrected chi connectivity index (χ3v) is 7.51. The average molecular weight is 460 g/mol. The number of unbranched alkanes of at least 4 members (excludes halogenated alkanes) is 1. The molecule has 0 aliphatic carbocycles. The van der Waals surface area contributed by atoms with Gasteiger partial charge in [0, 0.05) is 36.4 Å². The molecule has 34 heavy (non-hydrogen) atoms. The highest BCUT2D eigenvalue weighted by molar-refractivity contribution is 5.94. The lowest BCUT2D eigenvalue weighted by Crippen LogP contribution is -2.34. The maximum Gasteiger partial charge on any atom is 0.229 e. The summed E-state index contributed by atoms with van der Waals surface area (Å²) in [5, 5.41) is 1.37. The Hall–Kier alpha value is -2.59. The van der Waals surface area contributed by atoms with Crippen molar-refractivity contribution in [3.63, 3.8) is 0 Å². The van der Waals surface area contributed by atoms with Gasteiger partial charge in [-0.15, -0.1) is 0 Å². The first kappa shape index (κ1) is 24.5. The molecule has 1 aliphatic heterocycles. The van der Waals surface area contributed by atoms with Gasteiger partial charge in [-0.1, -0.05) is 44.2 Å². The molecule has 2 heterocycles. The molecule has 0 radical (unpaired) electrons. The number of para-hydroxylation sites is 1. The van der Waals surface area contributed by atoms with Gasteiger partial charge in [-0.3, -0.25) is 4.79 Å². The van der Waals surface area contributed by atoms with Crippen LogP contribution in [0, 0.1) is 5.92 Å². The topological polar surface area (TPSA) is 28.5 Å². The van der Waals surface area contributed by atoms with Crippen LogP contribution in [-0.2, 0) is 17.8 Å². The summed E-state index contributed by atoms with van der Waals surface area (Å²) in [6.07, 6.45) is 6.07. The number of anilines is 1. The van der Waals surface area contributed by atoms with Crippen LogP contribution in [0.2, 0.25) is 0 Å². The van der Waals surface area contributed by atoms with Crippen LogP contribution >= 0.6 is 0 Å². The van der Waals surface area contributed by atoms with Crippen molar-refractivity contribution in [2.24, 2.45) is 5.92 Å². The van der Waals surface area contributed by atoms with Crippen LogP contribution in [0.15, 0.2) is 54.6 Å². The third-order valence-electron chi connectivity index (χ3n) is 7.51. The van der Waals surface area contributed by atoms with E-state index in [0.717, 1.165) is 18.7 Å². The molecule has 3 aromatic rings. The molecule has 0 N–H and O–H groups in total. The van der Waals surface area contributed by atoms with E-state index in [9.17, 15) is 4.79 Å². The van der Waals surface area contributed by atoms with Crippen molar-refractivity contribution in [2.75, 3.05) is 31.6 Å². The van der Waals surface area contributed by atoms with Crippen LogP contribution < -0.4 is 4.90 Å². The van der Waals surface area contributed by atoms with Crippen molar-refractivity contribution in [3.8, 4) is 0 Å². The number of fused-ring (bicyclic) bond motifs is 1. The standard InChI is InChI=1S/C30H41N3O/c1-5-33-28(22-26-11-6-7-15-29(26)33)13-8-9-18-32-19-16-24(17-20-32)25-12-10-14-27(21-25)31(4)30(34)23(2)3/h6-7,10-12,14-15,21-24H,5,8-9,13,16-20H2,1-4H3. The van der Waals surface area contributed by atoms with Crippen LogP contribution in [0.3, 0.4) is 0 Å². The summed E-state index contributed by atoms with van der Waals surface area (Å²) in [6.45, 7) is 10.7. The van der Waals surface area contributed by atoms with E-state index in [-0.39, 0.29) is 11.8 Å². The van der Waals surface area contributed by atoms with Crippen molar-refractivity contribution in [1.82, 2.24) is 9.47 Å². The summed E-state index contributed by atoms with van der Waals surface area (Å²) in [6, 6.07) is 19.8. The second-order valence-corrected chi connectivity index (χ2v) is 10.2. The van der Waals surface area contributed by atoms with Crippen molar-refractivity contribution >= 4 is 22.5 Å². The smallest absolute Gasteiger partial charge is 0.229 e. The number of aromatic nitrogens is 1. The summed E-state index contributed by atoms with van der Waals surface area (Å²) < 4.78 is 2.47. The zero-order valence-corrected chi connectivity index (χ0v) is 21.5. The molecule has 0 bridgehead atoms. The molecule has 1 aliphatic rings. The SMILES string of the molecule is CCn1c(CCCCN2CCC(c3cccc(N(C)C(=O)C(C)C)c3)CC2)cc2ccccc21. The van der Waals surface area contributed by atoms with E-state index in [0.29, 0.717) is 5.92 Å². The van der Waals surface area contributed by atoms with E-state index >= 15 is 0 Å². The minimum absolute atomic E-state index is 0.0159. The Bertz CT molecular complexity index is 1090. The summed E-state index contributed by atoms with van der Waals surface area (Å²) in [5.74, 6) is 0.785. The highest BCUT2D eigenvalue weighted by Crippen LogP contribution is 2.31.